The lowest BCUT2D eigenvalue weighted by atomic mass is 9.78. The molecule has 154 valence electrons. The fourth-order valence-corrected chi connectivity index (χ4v) is 4.31. The molecular weight excluding hydrogens is 356 g/mol. The highest BCUT2D eigenvalue weighted by Crippen LogP contribution is 2.30. The van der Waals surface area contributed by atoms with Crippen LogP contribution in [0.5, 0.6) is 5.75 Å². The standard InChI is InChI=1S/C22H32N2O4/c25-21(18-9-3-4-10-19(18)22(26)27)23-16-17-8-2-5-11-20(17)28-15-14-24-12-6-1-7-13-24/h2,5,8,11,18-19H,1,3-4,6-7,9-10,12-16H2,(H,23,25)(H,26,27). The van der Waals surface area contributed by atoms with Gasteiger partial charge in [0.15, 0.2) is 0 Å². The number of ether oxygens (including phenoxy) is 1. The van der Waals surface area contributed by atoms with Gasteiger partial charge >= 0.3 is 5.97 Å². The summed E-state index contributed by atoms with van der Waals surface area (Å²) in [5.41, 5.74) is 0.928. The Hall–Kier alpha value is -2.08. The van der Waals surface area contributed by atoms with Crippen molar-refractivity contribution in [3.8, 4) is 5.75 Å². The van der Waals surface area contributed by atoms with Crippen LogP contribution in [0.15, 0.2) is 24.3 Å². The van der Waals surface area contributed by atoms with Crippen LogP contribution >= 0.6 is 0 Å². The van der Waals surface area contributed by atoms with Gasteiger partial charge in [0, 0.05) is 18.7 Å². The number of benzene rings is 1. The molecule has 1 saturated heterocycles. The summed E-state index contributed by atoms with van der Waals surface area (Å²) < 4.78 is 5.99. The van der Waals surface area contributed by atoms with Gasteiger partial charge in [-0.25, -0.2) is 0 Å². The predicted molar refractivity (Wildman–Crippen MR) is 107 cm³/mol. The van der Waals surface area contributed by atoms with Gasteiger partial charge in [0.2, 0.25) is 5.91 Å². The van der Waals surface area contributed by atoms with Crippen molar-refractivity contribution in [2.45, 2.75) is 51.5 Å². The molecule has 0 aromatic heterocycles. The number of hydrogen-bond donors (Lipinski definition) is 2. The van der Waals surface area contributed by atoms with Crippen LogP contribution in [-0.4, -0.2) is 48.1 Å². The summed E-state index contributed by atoms with van der Waals surface area (Å²) in [7, 11) is 0. The number of carbonyl (C=O) groups excluding carboxylic acids is 1. The largest absolute Gasteiger partial charge is 0.492 e. The van der Waals surface area contributed by atoms with E-state index in [0.29, 0.717) is 26.0 Å². The van der Waals surface area contributed by atoms with E-state index in [2.05, 4.69) is 10.2 Å². The van der Waals surface area contributed by atoms with Crippen molar-refractivity contribution in [1.29, 1.82) is 0 Å². The minimum atomic E-state index is -0.860. The molecule has 2 N–H and O–H groups in total. The molecule has 1 aromatic rings. The van der Waals surface area contributed by atoms with Crippen LogP contribution in [0.3, 0.4) is 0 Å². The average Bonchev–Trinajstić information content (AvgIpc) is 2.73. The number of hydrogen-bond acceptors (Lipinski definition) is 4. The maximum atomic E-state index is 12.6. The predicted octanol–water partition coefficient (Wildman–Crippen LogP) is 3.06. The van der Waals surface area contributed by atoms with Crippen molar-refractivity contribution >= 4 is 11.9 Å². The first-order valence-corrected chi connectivity index (χ1v) is 10.6. The number of amides is 1. The number of para-hydroxylation sites is 1. The lowest BCUT2D eigenvalue weighted by molar-refractivity contribution is -0.148. The van der Waals surface area contributed by atoms with Crippen LogP contribution in [0.2, 0.25) is 0 Å². The Morgan fingerprint density at radius 3 is 2.50 bits per heavy atom. The topological polar surface area (TPSA) is 78.9 Å². The van der Waals surface area contributed by atoms with Gasteiger partial charge in [-0.05, 0) is 44.8 Å². The van der Waals surface area contributed by atoms with Crippen LogP contribution in [0.4, 0.5) is 0 Å². The van der Waals surface area contributed by atoms with E-state index < -0.39 is 17.8 Å². The summed E-state index contributed by atoms with van der Waals surface area (Å²) >= 11 is 0. The summed E-state index contributed by atoms with van der Waals surface area (Å²) in [6.45, 7) is 4.21. The Balaban J connectivity index is 1.51. The third-order valence-electron chi connectivity index (χ3n) is 5.96. The molecule has 1 aliphatic carbocycles. The van der Waals surface area contributed by atoms with Crippen molar-refractivity contribution < 1.29 is 19.4 Å². The van der Waals surface area contributed by atoms with Gasteiger partial charge < -0.3 is 15.2 Å². The number of piperidine rings is 1. The van der Waals surface area contributed by atoms with Crippen LogP contribution in [0.25, 0.3) is 0 Å². The monoisotopic (exact) mass is 388 g/mol. The summed E-state index contributed by atoms with van der Waals surface area (Å²) in [6, 6.07) is 7.74. The molecule has 3 rings (SSSR count). The molecule has 1 heterocycles. The molecule has 28 heavy (non-hydrogen) atoms. The first kappa shape index (κ1) is 20.6. The van der Waals surface area contributed by atoms with Crippen molar-refractivity contribution in [2.24, 2.45) is 11.8 Å². The van der Waals surface area contributed by atoms with Crippen molar-refractivity contribution in [3.05, 3.63) is 29.8 Å². The van der Waals surface area contributed by atoms with Crippen molar-refractivity contribution in [3.63, 3.8) is 0 Å². The Morgan fingerprint density at radius 2 is 1.75 bits per heavy atom. The van der Waals surface area contributed by atoms with Crippen LogP contribution in [0, 0.1) is 11.8 Å². The Labute approximate surface area is 167 Å². The molecule has 1 amide bonds. The van der Waals surface area contributed by atoms with E-state index in [9.17, 15) is 14.7 Å². The van der Waals surface area contributed by atoms with E-state index in [4.69, 9.17) is 4.74 Å². The van der Waals surface area contributed by atoms with Crippen LogP contribution in [0.1, 0.15) is 50.5 Å². The molecule has 0 spiro atoms. The maximum absolute atomic E-state index is 12.6. The minimum absolute atomic E-state index is 0.157. The number of nitrogens with one attached hydrogen (secondary N) is 1. The highest BCUT2D eigenvalue weighted by atomic mass is 16.5. The zero-order chi connectivity index (χ0) is 19.8. The Bertz CT molecular complexity index is 658. The zero-order valence-corrected chi connectivity index (χ0v) is 16.6. The highest BCUT2D eigenvalue weighted by molar-refractivity contribution is 5.84. The molecular formula is C22H32N2O4. The Kier molecular flexibility index (Phi) is 7.71. The molecule has 2 fully saturated rings. The lowest BCUT2D eigenvalue weighted by Gasteiger charge is -2.27. The first-order chi connectivity index (χ1) is 13.6. The smallest absolute Gasteiger partial charge is 0.307 e. The molecule has 6 heteroatoms. The number of carbonyl (C=O) groups is 2. The van der Waals surface area contributed by atoms with E-state index in [0.717, 1.165) is 43.8 Å². The van der Waals surface area contributed by atoms with Gasteiger partial charge in [-0.1, -0.05) is 37.5 Å². The van der Waals surface area contributed by atoms with E-state index in [1.165, 1.54) is 19.3 Å². The molecule has 1 aliphatic heterocycles. The molecule has 2 aliphatic rings. The second-order valence-electron chi connectivity index (χ2n) is 7.91. The van der Waals surface area contributed by atoms with Crippen molar-refractivity contribution in [1.82, 2.24) is 10.2 Å². The molecule has 0 radical (unpaired) electrons. The summed E-state index contributed by atoms with van der Waals surface area (Å²) in [5.74, 6) is -1.22. The number of rotatable bonds is 8. The number of nitrogens with zero attached hydrogens (tertiary/aromatic N) is 1. The van der Waals surface area contributed by atoms with E-state index >= 15 is 0 Å². The number of likely N-dealkylation sites (tertiary alicyclic amines) is 1. The van der Waals surface area contributed by atoms with Crippen LogP contribution < -0.4 is 10.1 Å². The van der Waals surface area contributed by atoms with Crippen molar-refractivity contribution in [2.75, 3.05) is 26.2 Å². The first-order valence-electron chi connectivity index (χ1n) is 10.6. The second kappa shape index (κ2) is 10.5. The van der Waals surface area contributed by atoms with E-state index in [-0.39, 0.29) is 5.91 Å². The van der Waals surface area contributed by atoms with Gasteiger partial charge in [0.25, 0.3) is 0 Å². The van der Waals surface area contributed by atoms with Gasteiger partial charge in [0.1, 0.15) is 12.4 Å². The fourth-order valence-electron chi connectivity index (χ4n) is 4.31. The normalized spacial score (nSPS) is 23.1. The average molecular weight is 389 g/mol. The zero-order valence-electron chi connectivity index (χ0n) is 16.6. The fraction of sp³-hybridized carbons (Fsp3) is 0.636. The van der Waals surface area contributed by atoms with Crippen LogP contribution in [-0.2, 0) is 16.1 Å². The molecule has 1 saturated carbocycles. The maximum Gasteiger partial charge on any atom is 0.307 e. The second-order valence-corrected chi connectivity index (χ2v) is 7.91. The third kappa shape index (κ3) is 5.71. The number of aliphatic carboxylic acids is 1. The summed E-state index contributed by atoms with van der Waals surface area (Å²) in [5, 5.41) is 12.3. The van der Waals surface area contributed by atoms with E-state index in [1.807, 2.05) is 24.3 Å². The number of carboxylic acid groups (broad SMARTS) is 1. The highest BCUT2D eigenvalue weighted by Gasteiger charge is 2.35. The molecule has 2 unspecified atom stereocenters. The van der Waals surface area contributed by atoms with E-state index in [1.54, 1.807) is 0 Å². The molecule has 0 bridgehead atoms. The van der Waals surface area contributed by atoms with Gasteiger partial charge in [0.05, 0.1) is 11.8 Å². The van der Waals surface area contributed by atoms with Gasteiger partial charge in [-0.15, -0.1) is 0 Å². The van der Waals surface area contributed by atoms with Gasteiger partial charge in [-0.3, -0.25) is 14.5 Å². The quantitative estimate of drug-likeness (QED) is 0.716. The number of carboxylic acids is 1. The SMILES string of the molecule is O=C(O)C1CCCCC1C(=O)NCc1ccccc1OCCN1CCCCC1. The minimum Gasteiger partial charge on any atom is -0.492 e. The molecule has 1 aromatic carbocycles. The van der Waals surface area contributed by atoms with Gasteiger partial charge in [-0.2, -0.15) is 0 Å². The molecule has 6 nitrogen and oxygen atoms in total. The Morgan fingerprint density at radius 1 is 1.04 bits per heavy atom. The third-order valence-corrected chi connectivity index (χ3v) is 5.96. The molecule has 2 atom stereocenters. The summed E-state index contributed by atoms with van der Waals surface area (Å²) in [4.78, 5) is 26.5. The lowest BCUT2D eigenvalue weighted by Crippen LogP contribution is -2.39. The summed E-state index contributed by atoms with van der Waals surface area (Å²) in [6.07, 6.45) is 6.89.